The number of hydrogen-bond acceptors (Lipinski definition) is 3. The largest absolute Gasteiger partial charge is 0.481 e. The van der Waals surface area contributed by atoms with Crippen molar-refractivity contribution in [2.45, 2.75) is 58.0 Å². The molecule has 0 aromatic rings. The van der Waals surface area contributed by atoms with E-state index in [0.717, 1.165) is 12.8 Å². The third kappa shape index (κ3) is 6.01. The zero-order valence-corrected chi connectivity index (χ0v) is 12.6. The van der Waals surface area contributed by atoms with E-state index in [2.05, 4.69) is 16.0 Å². The summed E-state index contributed by atoms with van der Waals surface area (Å²) in [6, 6.07) is -0.609. The monoisotopic (exact) mass is 299 g/mol. The molecule has 120 valence electrons. The Kier molecular flexibility index (Phi) is 6.98. The Morgan fingerprint density at radius 1 is 1.29 bits per heavy atom. The van der Waals surface area contributed by atoms with E-state index in [1.165, 1.54) is 0 Å². The highest BCUT2D eigenvalue weighted by Gasteiger charge is 2.33. The van der Waals surface area contributed by atoms with Crippen molar-refractivity contribution in [1.29, 1.82) is 0 Å². The normalized spacial score (nSPS) is 22.4. The van der Waals surface area contributed by atoms with Gasteiger partial charge in [-0.25, -0.2) is 4.79 Å². The minimum Gasteiger partial charge on any atom is -0.481 e. The summed E-state index contributed by atoms with van der Waals surface area (Å²) in [4.78, 5) is 34.2. The van der Waals surface area contributed by atoms with E-state index in [1.807, 2.05) is 13.8 Å². The van der Waals surface area contributed by atoms with Gasteiger partial charge in [0.15, 0.2) is 0 Å². The Labute approximate surface area is 124 Å². The number of rotatable bonds is 7. The summed E-state index contributed by atoms with van der Waals surface area (Å²) in [7, 11) is 0. The van der Waals surface area contributed by atoms with Crippen molar-refractivity contribution in [3.05, 3.63) is 0 Å². The van der Waals surface area contributed by atoms with Gasteiger partial charge in [0, 0.05) is 25.0 Å². The zero-order chi connectivity index (χ0) is 15.8. The second kappa shape index (κ2) is 8.49. The first kappa shape index (κ1) is 17.3. The van der Waals surface area contributed by atoms with Crippen LogP contribution >= 0.6 is 0 Å². The van der Waals surface area contributed by atoms with Crippen LogP contribution in [0.3, 0.4) is 0 Å². The van der Waals surface area contributed by atoms with Gasteiger partial charge >= 0.3 is 12.0 Å². The number of nitrogens with one attached hydrogen (secondary N) is 3. The summed E-state index contributed by atoms with van der Waals surface area (Å²) in [6.45, 7) is 4.14. The molecule has 0 aliphatic heterocycles. The number of carboxylic acids is 1. The van der Waals surface area contributed by atoms with Crippen molar-refractivity contribution < 1.29 is 19.5 Å². The number of carbonyl (C=O) groups is 3. The van der Waals surface area contributed by atoms with E-state index in [0.29, 0.717) is 12.8 Å². The van der Waals surface area contributed by atoms with Crippen LogP contribution in [0.1, 0.15) is 46.0 Å². The molecular weight excluding hydrogens is 274 g/mol. The molecule has 0 aromatic carbocycles. The van der Waals surface area contributed by atoms with Gasteiger partial charge in [-0.15, -0.1) is 0 Å². The molecule has 1 aliphatic carbocycles. The Morgan fingerprint density at radius 2 is 2.00 bits per heavy atom. The minimum atomic E-state index is -0.870. The SMILES string of the molecule is CCC(C)NC(=O)CCNC(=O)NC1CCCC1C(=O)O. The highest BCUT2D eigenvalue weighted by atomic mass is 16.4. The molecule has 1 rings (SSSR count). The fraction of sp³-hybridized carbons (Fsp3) is 0.786. The van der Waals surface area contributed by atoms with Crippen LogP contribution in [0.5, 0.6) is 0 Å². The van der Waals surface area contributed by atoms with E-state index in [-0.39, 0.29) is 31.0 Å². The zero-order valence-electron chi connectivity index (χ0n) is 12.6. The van der Waals surface area contributed by atoms with Gasteiger partial charge in [-0.2, -0.15) is 0 Å². The maximum atomic E-state index is 11.7. The molecule has 0 aromatic heterocycles. The molecule has 7 nitrogen and oxygen atoms in total. The Balaban J connectivity index is 2.22. The second-order valence-corrected chi connectivity index (χ2v) is 5.51. The average Bonchev–Trinajstić information content (AvgIpc) is 2.86. The van der Waals surface area contributed by atoms with Gasteiger partial charge in [-0.3, -0.25) is 9.59 Å². The van der Waals surface area contributed by atoms with Crippen LogP contribution in [0.15, 0.2) is 0 Å². The van der Waals surface area contributed by atoms with Crippen molar-refractivity contribution in [2.75, 3.05) is 6.54 Å². The van der Waals surface area contributed by atoms with Crippen molar-refractivity contribution in [1.82, 2.24) is 16.0 Å². The fourth-order valence-corrected chi connectivity index (χ4v) is 2.39. The number of urea groups is 1. The number of hydrogen-bond donors (Lipinski definition) is 4. The third-order valence-corrected chi connectivity index (χ3v) is 3.81. The molecule has 0 heterocycles. The number of aliphatic carboxylic acids is 1. The summed E-state index contributed by atoms with van der Waals surface area (Å²) in [6.07, 6.45) is 3.15. The maximum absolute atomic E-state index is 11.7. The molecular formula is C14H25N3O4. The molecule has 21 heavy (non-hydrogen) atoms. The lowest BCUT2D eigenvalue weighted by Gasteiger charge is -2.18. The Bertz CT molecular complexity index is 386. The molecule has 4 N–H and O–H groups in total. The molecule has 3 unspecified atom stereocenters. The van der Waals surface area contributed by atoms with Crippen LogP contribution in [0.4, 0.5) is 4.79 Å². The molecule has 3 amide bonds. The van der Waals surface area contributed by atoms with E-state index >= 15 is 0 Å². The van der Waals surface area contributed by atoms with Gasteiger partial charge in [0.2, 0.25) is 5.91 Å². The lowest BCUT2D eigenvalue weighted by molar-refractivity contribution is -0.142. The van der Waals surface area contributed by atoms with E-state index in [9.17, 15) is 14.4 Å². The molecule has 1 fully saturated rings. The quantitative estimate of drug-likeness (QED) is 0.559. The van der Waals surface area contributed by atoms with E-state index < -0.39 is 17.9 Å². The lowest BCUT2D eigenvalue weighted by atomic mass is 10.0. The summed E-state index contributed by atoms with van der Waals surface area (Å²) < 4.78 is 0. The predicted octanol–water partition coefficient (Wildman–Crippen LogP) is 0.844. The third-order valence-electron chi connectivity index (χ3n) is 3.81. The number of carbonyl (C=O) groups excluding carboxylic acids is 2. The lowest BCUT2D eigenvalue weighted by Crippen LogP contribution is -2.46. The summed E-state index contributed by atoms with van der Waals surface area (Å²) in [5.74, 6) is -1.48. The molecule has 0 saturated heterocycles. The first-order chi connectivity index (χ1) is 9.93. The standard InChI is InChI=1S/C14H25N3O4/c1-3-9(2)16-12(18)7-8-15-14(21)17-11-6-4-5-10(11)13(19)20/h9-11H,3-8H2,1-2H3,(H,16,18)(H,19,20)(H2,15,17,21). The summed E-state index contributed by atoms with van der Waals surface area (Å²) >= 11 is 0. The molecule has 0 spiro atoms. The maximum Gasteiger partial charge on any atom is 0.315 e. The predicted molar refractivity (Wildman–Crippen MR) is 77.8 cm³/mol. The highest BCUT2D eigenvalue weighted by molar-refractivity contribution is 5.79. The average molecular weight is 299 g/mol. The van der Waals surface area contributed by atoms with Gasteiger partial charge in [0.25, 0.3) is 0 Å². The summed E-state index contributed by atoms with van der Waals surface area (Å²) in [5, 5.41) is 17.1. The van der Waals surface area contributed by atoms with Gasteiger partial charge in [-0.1, -0.05) is 13.3 Å². The molecule has 1 aliphatic rings. The van der Waals surface area contributed by atoms with Crippen molar-refractivity contribution >= 4 is 17.9 Å². The first-order valence-electron chi connectivity index (χ1n) is 7.50. The van der Waals surface area contributed by atoms with Crippen LogP contribution in [0.2, 0.25) is 0 Å². The van der Waals surface area contributed by atoms with Crippen molar-refractivity contribution in [2.24, 2.45) is 5.92 Å². The first-order valence-corrected chi connectivity index (χ1v) is 7.50. The van der Waals surface area contributed by atoms with Gasteiger partial charge < -0.3 is 21.1 Å². The smallest absolute Gasteiger partial charge is 0.315 e. The van der Waals surface area contributed by atoms with Crippen LogP contribution < -0.4 is 16.0 Å². The Morgan fingerprint density at radius 3 is 2.62 bits per heavy atom. The van der Waals surface area contributed by atoms with Gasteiger partial charge in [-0.05, 0) is 26.2 Å². The Hall–Kier alpha value is -1.79. The van der Waals surface area contributed by atoms with E-state index in [4.69, 9.17) is 5.11 Å². The van der Waals surface area contributed by atoms with Crippen molar-refractivity contribution in [3.8, 4) is 0 Å². The van der Waals surface area contributed by atoms with Crippen LogP contribution in [0, 0.1) is 5.92 Å². The van der Waals surface area contributed by atoms with Gasteiger partial charge in [0.05, 0.1) is 5.92 Å². The topological polar surface area (TPSA) is 108 Å². The second-order valence-electron chi connectivity index (χ2n) is 5.51. The van der Waals surface area contributed by atoms with E-state index in [1.54, 1.807) is 0 Å². The van der Waals surface area contributed by atoms with Crippen molar-refractivity contribution in [3.63, 3.8) is 0 Å². The molecule has 3 atom stereocenters. The fourth-order valence-electron chi connectivity index (χ4n) is 2.39. The van der Waals surface area contributed by atoms with Gasteiger partial charge in [0.1, 0.15) is 0 Å². The van der Waals surface area contributed by atoms with Crippen LogP contribution in [-0.2, 0) is 9.59 Å². The van der Waals surface area contributed by atoms with Crippen LogP contribution in [0.25, 0.3) is 0 Å². The number of carboxylic acid groups (broad SMARTS) is 1. The molecule has 7 heteroatoms. The van der Waals surface area contributed by atoms with Crippen LogP contribution in [-0.4, -0.2) is 41.6 Å². The molecule has 0 bridgehead atoms. The summed E-state index contributed by atoms with van der Waals surface area (Å²) in [5.41, 5.74) is 0. The highest BCUT2D eigenvalue weighted by Crippen LogP contribution is 2.25. The molecule has 0 radical (unpaired) electrons. The molecule has 1 saturated carbocycles. The minimum absolute atomic E-state index is 0.103. The number of amides is 3.